The van der Waals surface area contributed by atoms with Gasteiger partial charge < -0.3 is 15.1 Å². The molecule has 0 aliphatic rings. The van der Waals surface area contributed by atoms with Crippen LogP contribution in [0, 0.1) is 13.8 Å². The molecule has 0 atom stereocenters. The summed E-state index contributed by atoms with van der Waals surface area (Å²) in [5, 5.41) is 6.09. The van der Waals surface area contributed by atoms with E-state index in [0.29, 0.717) is 11.5 Å². The zero-order valence-corrected chi connectivity index (χ0v) is 12.7. The third-order valence-corrected chi connectivity index (χ3v) is 3.21. The van der Waals surface area contributed by atoms with Gasteiger partial charge in [-0.2, -0.15) is 0 Å². The molecule has 1 aromatic carbocycles. The van der Waals surface area contributed by atoms with Crippen molar-refractivity contribution in [3.05, 3.63) is 47.2 Å². The highest BCUT2D eigenvalue weighted by atomic mass is 16.4. The quantitative estimate of drug-likeness (QED) is 0.857. The number of aryl methyl sites for hydroxylation is 2. The Kier molecular flexibility index (Phi) is 4.98. The number of anilines is 1. The van der Waals surface area contributed by atoms with Crippen molar-refractivity contribution in [1.29, 1.82) is 0 Å². The smallest absolute Gasteiger partial charge is 0.253 e. The molecule has 0 aliphatic heterocycles. The average Bonchev–Trinajstić information content (AvgIpc) is 2.81. The molecule has 0 saturated carbocycles. The molecule has 0 unspecified atom stereocenters. The summed E-state index contributed by atoms with van der Waals surface area (Å²) in [6, 6.07) is 7.48. The molecule has 2 N–H and O–H groups in total. The topological polar surface area (TPSA) is 67.2 Å². The maximum Gasteiger partial charge on any atom is 0.253 e. The van der Waals surface area contributed by atoms with Crippen LogP contribution in [-0.2, 0) is 6.54 Å². The number of benzene rings is 1. The lowest BCUT2D eigenvalue weighted by Crippen LogP contribution is -2.24. The Bertz CT molecular complexity index is 600. The second-order valence-corrected chi connectivity index (χ2v) is 4.90. The Labute approximate surface area is 124 Å². The van der Waals surface area contributed by atoms with Crippen LogP contribution in [0.15, 0.2) is 28.7 Å². The van der Waals surface area contributed by atoms with E-state index in [9.17, 15) is 4.79 Å². The molecule has 0 bridgehead atoms. The van der Waals surface area contributed by atoms with Gasteiger partial charge in [0.2, 0.25) is 5.89 Å². The number of carbonyl (C=O) groups excluding carboxylic acids is 1. The first kappa shape index (κ1) is 15.1. The van der Waals surface area contributed by atoms with Crippen LogP contribution >= 0.6 is 0 Å². The summed E-state index contributed by atoms with van der Waals surface area (Å²) in [6.07, 6.45) is 1.00. The highest BCUT2D eigenvalue weighted by Gasteiger charge is 2.12. The van der Waals surface area contributed by atoms with Crippen molar-refractivity contribution in [2.45, 2.75) is 33.7 Å². The molecule has 0 spiro atoms. The monoisotopic (exact) mass is 287 g/mol. The van der Waals surface area contributed by atoms with Crippen molar-refractivity contribution in [1.82, 2.24) is 10.3 Å². The number of nitrogens with one attached hydrogen (secondary N) is 2. The molecular weight excluding hydrogens is 266 g/mol. The third kappa shape index (κ3) is 3.84. The number of rotatable bonds is 6. The summed E-state index contributed by atoms with van der Waals surface area (Å²) in [5.41, 5.74) is 2.33. The molecule has 1 amide bonds. The summed E-state index contributed by atoms with van der Waals surface area (Å²) < 4.78 is 5.45. The Hall–Kier alpha value is -2.30. The van der Waals surface area contributed by atoms with Crippen molar-refractivity contribution in [3.63, 3.8) is 0 Å². The van der Waals surface area contributed by atoms with Gasteiger partial charge in [0.25, 0.3) is 5.91 Å². The minimum absolute atomic E-state index is 0.136. The number of carbonyl (C=O) groups is 1. The minimum atomic E-state index is -0.136. The molecule has 0 radical (unpaired) electrons. The summed E-state index contributed by atoms with van der Waals surface area (Å²) in [7, 11) is 0. The van der Waals surface area contributed by atoms with Crippen molar-refractivity contribution in [2.24, 2.45) is 0 Å². The molecule has 1 heterocycles. The number of amides is 1. The van der Waals surface area contributed by atoms with Crippen molar-refractivity contribution in [3.8, 4) is 0 Å². The van der Waals surface area contributed by atoms with Gasteiger partial charge in [-0.05, 0) is 32.4 Å². The van der Waals surface area contributed by atoms with Crippen molar-refractivity contribution < 1.29 is 9.21 Å². The van der Waals surface area contributed by atoms with Crippen molar-refractivity contribution in [2.75, 3.05) is 11.9 Å². The molecule has 21 heavy (non-hydrogen) atoms. The van der Waals surface area contributed by atoms with E-state index in [2.05, 4.69) is 22.5 Å². The zero-order valence-electron chi connectivity index (χ0n) is 12.7. The maximum absolute atomic E-state index is 12.3. The van der Waals surface area contributed by atoms with Crippen LogP contribution in [0.3, 0.4) is 0 Å². The van der Waals surface area contributed by atoms with Gasteiger partial charge in [0, 0.05) is 12.2 Å². The summed E-state index contributed by atoms with van der Waals surface area (Å²) in [5.74, 6) is 1.17. The second kappa shape index (κ2) is 6.92. The van der Waals surface area contributed by atoms with E-state index < -0.39 is 0 Å². The van der Waals surface area contributed by atoms with Gasteiger partial charge in [0.15, 0.2) is 0 Å². The summed E-state index contributed by atoms with van der Waals surface area (Å²) in [4.78, 5) is 16.5. The van der Waals surface area contributed by atoms with E-state index in [1.165, 1.54) is 0 Å². The molecular formula is C16H21N3O2. The van der Waals surface area contributed by atoms with Gasteiger partial charge >= 0.3 is 0 Å². The Balaban J connectivity index is 2.03. The number of aromatic nitrogens is 1. The first-order valence-electron chi connectivity index (χ1n) is 7.15. The van der Waals surface area contributed by atoms with E-state index >= 15 is 0 Å². The van der Waals surface area contributed by atoms with E-state index in [1.54, 1.807) is 6.07 Å². The molecule has 0 fully saturated rings. The number of oxazole rings is 1. The van der Waals surface area contributed by atoms with Gasteiger partial charge in [-0.15, -0.1) is 0 Å². The van der Waals surface area contributed by atoms with Crippen LogP contribution in [0.1, 0.15) is 41.0 Å². The standard InChI is InChI=1S/C16H21N3O2/c1-4-9-17-14-8-6-5-7-13(14)16(20)18-10-15-19-11(2)12(3)21-15/h5-8,17H,4,9-10H2,1-3H3,(H,18,20). The molecule has 1 aromatic heterocycles. The fourth-order valence-electron chi connectivity index (χ4n) is 1.96. The predicted octanol–water partition coefficient (Wildman–Crippen LogP) is 3.04. The molecule has 0 aliphatic carbocycles. The third-order valence-electron chi connectivity index (χ3n) is 3.21. The average molecular weight is 287 g/mol. The normalized spacial score (nSPS) is 10.4. The maximum atomic E-state index is 12.3. The first-order chi connectivity index (χ1) is 10.1. The molecule has 5 heteroatoms. The molecule has 2 rings (SSSR count). The van der Waals surface area contributed by atoms with E-state index in [-0.39, 0.29) is 12.5 Å². The lowest BCUT2D eigenvalue weighted by Gasteiger charge is -2.10. The molecule has 2 aromatic rings. The summed E-state index contributed by atoms with van der Waals surface area (Å²) in [6.45, 7) is 6.95. The highest BCUT2D eigenvalue weighted by molar-refractivity contribution is 5.99. The van der Waals surface area contributed by atoms with Crippen LogP contribution in [-0.4, -0.2) is 17.4 Å². The first-order valence-corrected chi connectivity index (χ1v) is 7.15. The van der Waals surface area contributed by atoms with E-state index in [4.69, 9.17) is 4.42 Å². The van der Waals surface area contributed by atoms with Crippen LogP contribution in [0.4, 0.5) is 5.69 Å². The number of para-hydroxylation sites is 1. The van der Waals surface area contributed by atoms with Crippen molar-refractivity contribution >= 4 is 11.6 Å². The SMILES string of the molecule is CCCNc1ccccc1C(=O)NCc1nc(C)c(C)o1. The van der Waals surface area contributed by atoms with E-state index in [1.807, 2.05) is 32.0 Å². The highest BCUT2D eigenvalue weighted by Crippen LogP contribution is 2.15. The predicted molar refractivity (Wildman–Crippen MR) is 82.4 cm³/mol. The van der Waals surface area contributed by atoms with Gasteiger partial charge in [-0.3, -0.25) is 4.79 Å². The van der Waals surface area contributed by atoms with Gasteiger partial charge in [-0.1, -0.05) is 19.1 Å². The van der Waals surface area contributed by atoms with Gasteiger partial charge in [-0.25, -0.2) is 4.98 Å². The van der Waals surface area contributed by atoms with Crippen LogP contribution in [0.5, 0.6) is 0 Å². The zero-order chi connectivity index (χ0) is 15.2. The summed E-state index contributed by atoms with van der Waals surface area (Å²) >= 11 is 0. The van der Waals surface area contributed by atoms with Crippen LogP contribution in [0.2, 0.25) is 0 Å². The molecule has 112 valence electrons. The Morgan fingerprint density at radius 3 is 2.71 bits per heavy atom. The fourth-order valence-corrected chi connectivity index (χ4v) is 1.96. The number of nitrogens with zero attached hydrogens (tertiary/aromatic N) is 1. The number of hydrogen-bond donors (Lipinski definition) is 2. The largest absolute Gasteiger partial charge is 0.444 e. The Morgan fingerprint density at radius 2 is 2.05 bits per heavy atom. The van der Waals surface area contributed by atoms with Crippen LogP contribution in [0.25, 0.3) is 0 Å². The molecule has 5 nitrogen and oxygen atoms in total. The van der Waals surface area contributed by atoms with Crippen LogP contribution < -0.4 is 10.6 Å². The van der Waals surface area contributed by atoms with E-state index in [0.717, 1.165) is 30.1 Å². The lowest BCUT2D eigenvalue weighted by atomic mass is 10.1. The second-order valence-electron chi connectivity index (χ2n) is 4.90. The number of hydrogen-bond acceptors (Lipinski definition) is 4. The Morgan fingerprint density at radius 1 is 1.29 bits per heavy atom. The van der Waals surface area contributed by atoms with Gasteiger partial charge in [0.1, 0.15) is 5.76 Å². The fraction of sp³-hybridized carbons (Fsp3) is 0.375. The van der Waals surface area contributed by atoms with Gasteiger partial charge in [0.05, 0.1) is 17.8 Å². The lowest BCUT2D eigenvalue weighted by molar-refractivity contribution is 0.0948. The minimum Gasteiger partial charge on any atom is -0.444 e. The molecule has 0 saturated heterocycles.